The molecule has 0 radical (unpaired) electrons. The molecule has 0 aromatic heterocycles. The van der Waals surface area contributed by atoms with Gasteiger partial charge in [0.05, 0.1) is 12.2 Å². The molecule has 1 heterocycles. The maximum absolute atomic E-state index is 11.2. The van der Waals surface area contributed by atoms with Crippen molar-refractivity contribution in [1.82, 2.24) is 4.90 Å². The van der Waals surface area contributed by atoms with E-state index in [1.807, 2.05) is 13.8 Å². The van der Waals surface area contributed by atoms with Crippen molar-refractivity contribution in [3.05, 3.63) is 0 Å². The van der Waals surface area contributed by atoms with E-state index in [0.717, 1.165) is 0 Å². The van der Waals surface area contributed by atoms with Crippen molar-refractivity contribution < 1.29 is 9.84 Å². The molecule has 1 aliphatic heterocycles. The van der Waals surface area contributed by atoms with Crippen molar-refractivity contribution in [2.45, 2.75) is 26.1 Å². The second kappa shape index (κ2) is 3.76. The summed E-state index contributed by atoms with van der Waals surface area (Å²) in [5.41, 5.74) is 0. The van der Waals surface area contributed by atoms with Crippen LogP contribution in [0.3, 0.4) is 0 Å². The Morgan fingerprint density at radius 1 is 1.42 bits per heavy atom. The first kappa shape index (κ1) is 9.32. The van der Waals surface area contributed by atoms with Gasteiger partial charge in [-0.25, -0.2) is 0 Å². The van der Waals surface area contributed by atoms with Crippen molar-refractivity contribution in [3.63, 3.8) is 0 Å². The maximum atomic E-state index is 11.2. The molecule has 4 nitrogen and oxygen atoms in total. The average Bonchev–Trinajstić information content (AvgIpc) is 2.01. The van der Waals surface area contributed by atoms with Crippen LogP contribution in [0.2, 0.25) is 0 Å². The SMILES string of the molecule is CN=C([O-])N1C[C@H](C)O[C@@H](C)C1. The molecule has 0 amide bonds. The standard InChI is InChI=1S/C8H16N2O2/c1-6-4-10(8(11)9-3)5-7(2)12-6/h6-7H,4-5H2,1-3H3,(H,9,11)/p-1/t6-,7-/m0/s1. The van der Waals surface area contributed by atoms with Gasteiger partial charge in [-0.05, 0) is 13.8 Å². The highest BCUT2D eigenvalue weighted by Gasteiger charge is 2.20. The average molecular weight is 171 g/mol. The normalized spacial score (nSPS) is 32.2. The fraction of sp³-hybridized carbons (Fsp3) is 0.875. The molecule has 0 bridgehead atoms. The lowest BCUT2D eigenvalue weighted by Gasteiger charge is -2.39. The molecular formula is C8H15N2O2-. The summed E-state index contributed by atoms with van der Waals surface area (Å²) in [5, 5.41) is 11.2. The zero-order valence-corrected chi connectivity index (χ0v) is 7.78. The van der Waals surface area contributed by atoms with Crippen LogP contribution >= 0.6 is 0 Å². The van der Waals surface area contributed by atoms with Crippen molar-refractivity contribution in [2.24, 2.45) is 4.99 Å². The summed E-state index contributed by atoms with van der Waals surface area (Å²) in [6, 6.07) is -0.142. The Morgan fingerprint density at radius 2 is 1.92 bits per heavy atom. The van der Waals surface area contributed by atoms with E-state index in [4.69, 9.17) is 4.74 Å². The number of aliphatic imine (C=N–C) groups is 1. The Kier molecular flexibility index (Phi) is 2.92. The van der Waals surface area contributed by atoms with Gasteiger partial charge in [0.25, 0.3) is 0 Å². The molecule has 0 N–H and O–H groups in total. The summed E-state index contributed by atoms with van der Waals surface area (Å²) < 4.78 is 5.48. The lowest BCUT2D eigenvalue weighted by Crippen LogP contribution is -2.52. The minimum atomic E-state index is -0.142. The number of hydrogen-bond acceptors (Lipinski definition) is 3. The minimum Gasteiger partial charge on any atom is -0.846 e. The lowest BCUT2D eigenvalue weighted by atomic mass is 10.2. The number of morpholine rings is 1. The lowest BCUT2D eigenvalue weighted by molar-refractivity contribution is -0.241. The summed E-state index contributed by atoms with van der Waals surface area (Å²) >= 11 is 0. The van der Waals surface area contributed by atoms with Gasteiger partial charge in [-0.3, -0.25) is 4.99 Å². The minimum absolute atomic E-state index is 0.124. The number of amidine groups is 1. The van der Waals surface area contributed by atoms with Gasteiger partial charge in [-0.15, -0.1) is 0 Å². The second-order valence-electron chi connectivity index (χ2n) is 3.17. The number of nitrogens with zero attached hydrogens (tertiary/aromatic N) is 2. The molecule has 0 aromatic rings. The van der Waals surface area contributed by atoms with E-state index in [0.29, 0.717) is 13.1 Å². The molecule has 12 heavy (non-hydrogen) atoms. The zero-order valence-electron chi connectivity index (χ0n) is 7.78. The molecule has 4 heteroatoms. The van der Waals surface area contributed by atoms with Gasteiger partial charge in [0.2, 0.25) is 0 Å². The Morgan fingerprint density at radius 3 is 2.33 bits per heavy atom. The summed E-state index contributed by atoms with van der Waals surface area (Å²) in [6.07, 6.45) is 0.249. The van der Waals surface area contributed by atoms with Crippen LogP contribution < -0.4 is 5.11 Å². The van der Waals surface area contributed by atoms with Gasteiger partial charge in [0.1, 0.15) is 0 Å². The molecule has 0 aromatic carbocycles. The smallest absolute Gasteiger partial charge is 0.0726 e. The van der Waals surface area contributed by atoms with Crippen LogP contribution in [0.4, 0.5) is 0 Å². The van der Waals surface area contributed by atoms with Crippen LogP contribution in [0.25, 0.3) is 0 Å². The monoisotopic (exact) mass is 171 g/mol. The van der Waals surface area contributed by atoms with Gasteiger partial charge in [0, 0.05) is 26.2 Å². The third-order valence-electron chi connectivity index (χ3n) is 1.88. The van der Waals surface area contributed by atoms with E-state index in [1.54, 1.807) is 4.90 Å². The van der Waals surface area contributed by atoms with E-state index in [-0.39, 0.29) is 18.2 Å². The van der Waals surface area contributed by atoms with Gasteiger partial charge >= 0.3 is 0 Å². The Hall–Kier alpha value is -0.770. The molecule has 0 spiro atoms. The third kappa shape index (κ3) is 2.11. The second-order valence-corrected chi connectivity index (χ2v) is 3.17. The molecule has 2 atom stereocenters. The van der Waals surface area contributed by atoms with Crippen molar-refractivity contribution in [2.75, 3.05) is 20.1 Å². The maximum Gasteiger partial charge on any atom is 0.0726 e. The van der Waals surface area contributed by atoms with Gasteiger partial charge in [-0.2, -0.15) is 0 Å². The first-order chi connectivity index (χ1) is 5.63. The third-order valence-corrected chi connectivity index (χ3v) is 1.88. The number of hydrogen-bond donors (Lipinski definition) is 0. The molecule has 0 unspecified atom stereocenters. The zero-order chi connectivity index (χ0) is 9.14. The first-order valence-corrected chi connectivity index (χ1v) is 4.17. The Balaban J connectivity index is 2.55. The quantitative estimate of drug-likeness (QED) is 0.362. The van der Waals surface area contributed by atoms with Crippen LogP contribution in [0.15, 0.2) is 4.99 Å². The molecule has 1 saturated heterocycles. The van der Waals surface area contributed by atoms with Crippen LogP contribution in [-0.4, -0.2) is 43.3 Å². The highest BCUT2D eigenvalue weighted by atomic mass is 16.5. The van der Waals surface area contributed by atoms with E-state index in [2.05, 4.69) is 4.99 Å². The highest BCUT2D eigenvalue weighted by Crippen LogP contribution is 2.09. The van der Waals surface area contributed by atoms with Gasteiger partial charge < -0.3 is 14.7 Å². The Bertz CT molecular complexity index is 172. The topological polar surface area (TPSA) is 47.9 Å². The molecule has 1 fully saturated rings. The summed E-state index contributed by atoms with van der Waals surface area (Å²) in [7, 11) is 1.52. The summed E-state index contributed by atoms with van der Waals surface area (Å²) in [4.78, 5) is 5.33. The van der Waals surface area contributed by atoms with Crippen molar-refractivity contribution >= 4 is 6.02 Å². The van der Waals surface area contributed by atoms with Crippen molar-refractivity contribution in [3.8, 4) is 0 Å². The van der Waals surface area contributed by atoms with Crippen LogP contribution in [0.1, 0.15) is 13.8 Å². The molecule has 0 aliphatic carbocycles. The van der Waals surface area contributed by atoms with Crippen LogP contribution in [0.5, 0.6) is 0 Å². The largest absolute Gasteiger partial charge is 0.846 e. The van der Waals surface area contributed by atoms with Gasteiger partial charge in [-0.1, -0.05) is 0 Å². The van der Waals surface area contributed by atoms with E-state index >= 15 is 0 Å². The van der Waals surface area contributed by atoms with Crippen LogP contribution in [-0.2, 0) is 4.74 Å². The van der Waals surface area contributed by atoms with E-state index in [1.165, 1.54) is 7.05 Å². The summed E-state index contributed by atoms with van der Waals surface area (Å²) in [5.74, 6) is 0. The molecule has 70 valence electrons. The number of rotatable bonds is 0. The molecule has 0 saturated carbocycles. The fourth-order valence-electron chi connectivity index (χ4n) is 1.48. The first-order valence-electron chi connectivity index (χ1n) is 4.17. The predicted octanol–water partition coefficient (Wildman–Crippen LogP) is -0.558. The number of ether oxygens (including phenoxy) is 1. The van der Waals surface area contributed by atoms with Crippen molar-refractivity contribution in [1.29, 1.82) is 0 Å². The van der Waals surface area contributed by atoms with E-state index < -0.39 is 0 Å². The van der Waals surface area contributed by atoms with Crippen LogP contribution in [0, 0.1) is 0 Å². The molecule has 1 rings (SSSR count). The Labute approximate surface area is 72.9 Å². The van der Waals surface area contributed by atoms with E-state index in [9.17, 15) is 5.11 Å². The fourth-order valence-corrected chi connectivity index (χ4v) is 1.48. The summed E-state index contributed by atoms with van der Waals surface area (Å²) in [6.45, 7) is 5.23. The highest BCUT2D eigenvalue weighted by molar-refractivity contribution is 5.69. The molecule has 1 aliphatic rings. The predicted molar refractivity (Wildman–Crippen MR) is 44.9 cm³/mol. The molecular weight excluding hydrogens is 156 g/mol. The van der Waals surface area contributed by atoms with Gasteiger partial charge in [0.15, 0.2) is 0 Å².